The van der Waals surface area contributed by atoms with Crippen molar-refractivity contribution in [3.8, 4) is 11.5 Å². The Morgan fingerprint density at radius 2 is 1.52 bits per heavy atom. The minimum absolute atomic E-state index is 0.0243. The van der Waals surface area contributed by atoms with Crippen molar-refractivity contribution in [2.75, 3.05) is 33.7 Å². The van der Waals surface area contributed by atoms with Crippen molar-refractivity contribution in [2.24, 2.45) is 5.92 Å². The van der Waals surface area contributed by atoms with Crippen LogP contribution in [0.25, 0.3) is 0 Å². The molecule has 1 aromatic rings. The largest absolute Gasteiger partial charge is 0.496 e. The number of benzene rings is 1. The molecule has 0 saturated carbocycles. The quantitative estimate of drug-likeness (QED) is 0.0838. The Morgan fingerprint density at radius 1 is 0.896 bits per heavy atom. The second kappa shape index (κ2) is 19.7. The Balaban J connectivity index is 1.82. The van der Waals surface area contributed by atoms with Crippen molar-refractivity contribution >= 4 is 35.8 Å². The lowest BCUT2D eigenvalue weighted by Gasteiger charge is -2.19. The molecular weight excluding hydrogens is 632 g/mol. The molecule has 1 unspecified atom stereocenters. The maximum Gasteiger partial charge on any atom is 0.342 e. The average Bonchev–Trinajstić information content (AvgIpc) is 3.41. The molecule has 1 heterocycles. The highest BCUT2D eigenvalue weighted by atomic mass is 16.7. The van der Waals surface area contributed by atoms with Gasteiger partial charge in [-0.2, -0.15) is 0 Å². The van der Waals surface area contributed by atoms with Crippen LogP contribution < -0.4 is 9.47 Å². The van der Waals surface area contributed by atoms with Crippen molar-refractivity contribution in [3.63, 3.8) is 0 Å². The zero-order chi connectivity index (χ0) is 35.8. The van der Waals surface area contributed by atoms with Crippen LogP contribution in [0.5, 0.6) is 11.5 Å². The first-order valence-electron chi connectivity index (χ1n) is 15.3. The summed E-state index contributed by atoms with van der Waals surface area (Å²) in [6, 6.07) is 0. The molecule has 1 aliphatic rings. The third kappa shape index (κ3) is 12.7. The van der Waals surface area contributed by atoms with Gasteiger partial charge in [0.25, 0.3) is 0 Å². The van der Waals surface area contributed by atoms with E-state index in [1.165, 1.54) is 13.8 Å². The molecular formula is C34H44O14. The number of hydrogen-bond donors (Lipinski definition) is 0. The highest BCUT2D eigenvalue weighted by Gasteiger charge is 2.33. The second-order valence-electron chi connectivity index (χ2n) is 11.1. The first-order chi connectivity index (χ1) is 22.8. The van der Waals surface area contributed by atoms with Crippen molar-refractivity contribution < 1.29 is 66.7 Å². The molecule has 0 bridgehead atoms. The van der Waals surface area contributed by atoms with Gasteiger partial charge in [-0.1, -0.05) is 31.2 Å². The third-order valence-corrected chi connectivity index (χ3v) is 7.06. The third-order valence-electron chi connectivity index (χ3n) is 7.06. The molecule has 1 aliphatic heterocycles. The lowest BCUT2D eigenvalue weighted by Crippen LogP contribution is -2.30. The molecule has 14 nitrogen and oxygen atoms in total. The zero-order valence-electron chi connectivity index (χ0n) is 28.3. The average molecular weight is 677 g/mol. The zero-order valence-corrected chi connectivity index (χ0v) is 28.3. The minimum atomic E-state index is -0.997. The van der Waals surface area contributed by atoms with Gasteiger partial charge in [0.05, 0.1) is 7.11 Å². The lowest BCUT2D eigenvalue weighted by molar-refractivity contribution is -0.169. The number of fused-ring (bicyclic) bond motifs is 1. The van der Waals surface area contributed by atoms with E-state index in [4.69, 9.17) is 37.9 Å². The van der Waals surface area contributed by atoms with Crippen LogP contribution in [0.2, 0.25) is 0 Å². The Hall–Kier alpha value is -4.88. The predicted molar refractivity (Wildman–Crippen MR) is 168 cm³/mol. The van der Waals surface area contributed by atoms with Gasteiger partial charge in [-0.05, 0) is 38.2 Å². The summed E-state index contributed by atoms with van der Waals surface area (Å²) in [5, 5.41) is 0. The molecule has 0 spiro atoms. The molecule has 1 atom stereocenters. The molecule has 14 heteroatoms. The van der Waals surface area contributed by atoms with Gasteiger partial charge in [-0.25, -0.2) is 4.79 Å². The van der Waals surface area contributed by atoms with Gasteiger partial charge in [0.15, 0.2) is 6.10 Å². The maximum absolute atomic E-state index is 12.5. The SMILES string of the molecule is C=CCOc1c(C/C=C(\C)CCC(=O)OCOC(=O)CC(C)CC(=O)OC(COC(C)=O)COC(C)=O)c(OC)c(C)c2c1C(=O)OC2. The van der Waals surface area contributed by atoms with Crippen molar-refractivity contribution in [3.05, 3.63) is 46.6 Å². The molecule has 0 N–H and O–H groups in total. The number of esters is 6. The Morgan fingerprint density at radius 3 is 2.12 bits per heavy atom. The highest BCUT2D eigenvalue weighted by molar-refractivity contribution is 5.98. The summed E-state index contributed by atoms with van der Waals surface area (Å²) in [4.78, 5) is 71.4. The molecule has 2 rings (SSSR count). The van der Waals surface area contributed by atoms with E-state index in [2.05, 4.69) is 6.58 Å². The van der Waals surface area contributed by atoms with Gasteiger partial charge >= 0.3 is 35.8 Å². The second-order valence-corrected chi connectivity index (χ2v) is 11.1. The fraction of sp³-hybridized carbons (Fsp3) is 0.529. The number of cyclic esters (lactones) is 1. The molecule has 1 aromatic carbocycles. The summed E-state index contributed by atoms with van der Waals surface area (Å²) in [7, 11) is 1.54. The van der Waals surface area contributed by atoms with Crippen LogP contribution in [0.1, 0.15) is 80.4 Å². The van der Waals surface area contributed by atoms with Gasteiger partial charge in [-0.3, -0.25) is 24.0 Å². The normalized spacial score (nSPS) is 12.7. The molecule has 0 saturated heterocycles. The lowest BCUT2D eigenvalue weighted by atomic mass is 9.94. The van der Waals surface area contributed by atoms with Crippen LogP contribution in [-0.2, 0) is 65.4 Å². The van der Waals surface area contributed by atoms with E-state index in [9.17, 15) is 28.8 Å². The Kier molecular flexibility index (Phi) is 16.1. The summed E-state index contributed by atoms with van der Waals surface area (Å²) < 4.78 is 41.7. The van der Waals surface area contributed by atoms with E-state index in [-0.39, 0.29) is 45.7 Å². The standard InChI is InChI=1S/C34H44O14/c1-8-13-42-33-26(32(41-7)22(4)27-18-45-34(40)31(27)33)11-9-20(2)10-12-28(37)46-19-47-29(38)14-21(3)15-30(39)48-25(16-43-23(5)35)17-44-24(6)36/h8-9,21,25H,1,10-19H2,2-7H3/b20-9+. The summed E-state index contributed by atoms with van der Waals surface area (Å²) in [6.07, 6.45) is 2.90. The van der Waals surface area contributed by atoms with Gasteiger partial charge < -0.3 is 37.9 Å². The molecule has 0 fully saturated rings. The first kappa shape index (κ1) is 39.3. The van der Waals surface area contributed by atoms with E-state index in [1.807, 2.05) is 19.9 Å². The molecule has 48 heavy (non-hydrogen) atoms. The molecule has 264 valence electrons. The number of hydrogen-bond acceptors (Lipinski definition) is 14. The van der Waals surface area contributed by atoms with Gasteiger partial charge in [-0.15, -0.1) is 0 Å². The maximum atomic E-state index is 12.5. The molecule has 0 aliphatic carbocycles. The number of allylic oxidation sites excluding steroid dienone is 2. The smallest absolute Gasteiger partial charge is 0.342 e. The summed E-state index contributed by atoms with van der Waals surface area (Å²) in [5.41, 5.74) is 3.43. The van der Waals surface area contributed by atoms with Crippen molar-refractivity contribution in [1.29, 1.82) is 0 Å². The van der Waals surface area contributed by atoms with Gasteiger partial charge in [0.2, 0.25) is 6.79 Å². The number of carbonyl (C=O) groups is 6. The van der Waals surface area contributed by atoms with E-state index in [0.29, 0.717) is 35.5 Å². The number of ether oxygens (including phenoxy) is 8. The van der Waals surface area contributed by atoms with Crippen LogP contribution in [-0.4, -0.2) is 75.6 Å². The monoisotopic (exact) mass is 676 g/mol. The van der Waals surface area contributed by atoms with Crippen LogP contribution >= 0.6 is 0 Å². The highest BCUT2D eigenvalue weighted by Crippen LogP contribution is 2.43. The van der Waals surface area contributed by atoms with E-state index >= 15 is 0 Å². The van der Waals surface area contributed by atoms with Crippen LogP contribution in [0.4, 0.5) is 0 Å². The van der Waals surface area contributed by atoms with E-state index in [0.717, 1.165) is 16.7 Å². The number of rotatable bonds is 20. The summed E-state index contributed by atoms with van der Waals surface area (Å²) >= 11 is 0. The van der Waals surface area contributed by atoms with Crippen molar-refractivity contribution in [1.82, 2.24) is 0 Å². The summed E-state index contributed by atoms with van der Waals surface area (Å²) in [5.74, 6) is -3.13. The number of carbonyl (C=O) groups excluding carboxylic acids is 6. The molecule has 0 amide bonds. The van der Waals surface area contributed by atoms with Crippen LogP contribution in [0, 0.1) is 12.8 Å². The van der Waals surface area contributed by atoms with Gasteiger partial charge in [0.1, 0.15) is 43.5 Å². The first-order valence-corrected chi connectivity index (χ1v) is 15.3. The topological polar surface area (TPSA) is 176 Å². The van der Waals surface area contributed by atoms with Crippen molar-refractivity contribution in [2.45, 2.75) is 79.4 Å². The number of methoxy groups -OCH3 is 1. The fourth-order valence-corrected chi connectivity index (χ4v) is 4.69. The predicted octanol–water partition coefficient (Wildman–Crippen LogP) is 4.01. The molecule has 0 radical (unpaired) electrons. The minimum Gasteiger partial charge on any atom is -0.496 e. The van der Waals surface area contributed by atoms with E-state index in [1.54, 1.807) is 20.1 Å². The summed E-state index contributed by atoms with van der Waals surface area (Å²) in [6.45, 7) is 10.5. The Labute approximate surface area is 279 Å². The fourth-order valence-electron chi connectivity index (χ4n) is 4.69. The van der Waals surface area contributed by atoms with Crippen LogP contribution in [0.3, 0.4) is 0 Å². The van der Waals surface area contributed by atoms with Gasteiger partial charge in [0, 0.05) is 44.2 Å². The molecule has 0 aromatic heterocycles. The van der Waals surface area contributed by atoms with Crippen LogP contribution in [0.15, 0.2) is 24.3 Å². The van der Waals surface area contributed by atoms with E-state index < -0.39 is 54.6 Å². The Bertz CT molecular complexity index is 1370.